The highest BCUT2D eigenvalue weighted by Crippen LogP contribution is 2.31. The number of ether oxygens (including phenoxy) is 2. The molecule has 1 saturated heterocycles. The minimum atomic E-state index is -0.571. The van der Waals surface area contributed by atoms with Crippen LogP contribution in [0, 0.1) is 6.92 Å². The van der Waals surface area contributed by atoms with E-state index < -0.39 is 5.25 Å². The molecule has 1 atom stereocenters. The van der Waals surface area contributed by atoms with Crippen molar-refractivity contribution in [2.75, 3.05) is 26.1 Å². The first-order valence-electron chi connectivity index (χ1n) is 11.7. The van der Waals surface area contributed by atoms with E-state index in [0.29, 0.717) is 35.3 Å². The number of thioether (sulfide) groups is 1. The fourth-order valence-electron chi connectivity index (χ4n) is 3.90. The molecule has 1 N–H and O–H groups in total. The van der Waals surface area contributed by atoms with E-state index in [0.717, 1.165) is 16.8 Å². The maximum absolute atomic E-state index is 13.3. The molecule has 4 rings (SSSR count). The molecule has 1 unspecified atom stereocenters. The highest BCUT2D eigenvalue weighted by molar-refractivity contribution is 8.15. The van der Waals surface area contributed by atoms with Crippen LogP contribution in [-0.2, 0) is 16.0 Å². The lowest BCUT2D eigenvalue weighted by Gasteiger charge is -2.32. The number of carbonyl (C=O) groups is 2. The van der Waals surface area contributed by atoms with Crippen molar-refractivity contribution < 1.29 is 19.1 Å². The molecule has 0 aliphatic carbocycles. The Labute approximate surface area is 215 Å². The number of amides is 2. The van der Waals surface area contributed by atoms with Gasteiger partial charge < -0.3 is 14.8 Å². The van der Waals surface area contributed by atoms with Gasteiger partial charge in [-0.2, -0.15) is 0 Å². The fraction of sp³-hybridized carbons (Fsp3) is 0.250. The molecule has 7 nitrogen and oxygen atoms in total. The summed E-state index contributed by atoms with van der Waals surface area (Å²) in [6.45, 7) is 2.40. The van der Waals surface area contributed by atoms with Gasteiger partial charge >= 0.3 is 0 Å². The van der Waals surface area contributed by atoms with E-state index in [9.17, 15) is 9.59 Å². The molecule has 3 aromatic rings. The van der Waals surface area contributed by atoms with Crippen molar-refractivity contribution in [3.05, 3.63) is 83.9 Å². The Bertz CT molecular complexity index is 1260. The molecule has 36 heavy (non-hydrogen) atoms. The van der Waals surface area contributed by atoms with Crippen molar-refractivity contribution in [3.63, 3.8) is 0 Å². The number of benzene rings is 3. The minimum absolute atomic E-state index is 0.0993. The van der Waals surface area contributed by atoms with E-state index >= 15 is 0 Å². The zero-order valence-corrected chi connectivity index (χ0v) is 21.4. The summed E-state index contributed by atoms with van der Waals surface area (Å²) in [4.78, 5) is 32.7. The van der Waals surface area contributed by atoms with Gasteiger partial charge in [0.1, 0.15) is 5.25 Å². The molecule has 1 heterocycles. The summed E-state index contributed by atoms with van der Waals surface area (Å²) in [5.74, 6) is 0.951. The molecule has 0 radical (unpaired) electrons. The average Bonchev–Trinajstić information content (AvgIpc) is 2.88. The van der Waals surface area contributed by atoms with Gasteiger partial charge in [0.25, 0.3) is 0 Å². The fourth-order valence-corrected chi connectivity index (χ4v) is 5.02. The normalized spacial score (nSPS) is 16.6. The summed E-state index contributed by atoms with van der Waals surface area (Å²) in [6, 6.07) is 22.8. The van der Waals surface area contributed by atoms with Crippen molar-refractivity contribution in [2.24, 2.45) is 4.99 Å². The second-order valence-corrected chi connectivity index (χ2v) is 9.55. The zero-order valence-electron chi connectivity index (χ0n) is 20.6. The third kappa shape index (κ3) is 6.26. The number of amidine groups is 1. The highest BCUT2D eigenvalue weighted by Gasteiger charge is 2.35. The van der Waals surface area contributed by atoms with E-state index in [-0.39, 0.29) is 18.2 Å². The largest absolute Gasteiger partial charge is 0.493 e. The molecule has 0 bridgehead atoms. The van der Waals surface area contributed by atoms with E-state index in [4.69, 9.17) is 14.5 Å². The van der Waals surface area contributed by atoms with Crippen LogP contribution in [0.4, 0.5) is 11.4 Å². The molecule has 186 valence electrons. The molecule has 0 saturated carbocycles. The lowest BCUT2D eigenvalue weighted by molar-refractivity contribution is -0.129. The Kier molecular flexibility index (Phi) is 8.28. The number of nitrogens with one attached hydrogen (secondary N) is 1. The first-order valence-corrected chi connectivity index (χ1v) is 12.5. The standard InChI is InChI=1S/C28H29N3O4S/c1-19-8-7-11-22(16-19)29-27(33)25-18-26(32)31(28(36-25)30-21-9-5-4-6-10-21)15-14-20-12-13-23(34-2)24(17-20)35-3/h4-13,16-17,25H,14-15,18H2,1-3H3,(H,29,33). The third-order valence-corrected chi connectivity index (χ3v) is 6.96. The number of hydrogen-bond acceptors (Lipinski definition) is 6. The molecule has 8 heteroatoms. The van der Waals surface area contributed by atoms with E-state index in [1.807, 2.05) is 79.7 Å². The van der Waals surface area contributed by atoms with E-state index in [1.165, 1.54) is 11.8 Å². The van der Waals surface area contributed by atoms with Crippen LogP contribution in [0.3, 0.4) is 0 Å². The highest BCUT2D eigenvalue weighted by atomic mass is 32.2. The second kappa shape index (κ2) is 11.8. The van der Waals surface area contributed by atoms with E-state index in [2.05, 4.69) is 5.32 Å². The van der Waals surface area contributed by atoms with Crippen molar-refractivity contribution in [1.29, 1.82) is 0 Å². The number of aliphatic imine (C=N–C) groups is 1. The number of rotatable bonds is 8. The Morgan fingerprint density at radius 3 is 2.53 bits per heavy atom. The molecule has 2 amide bonds. The van der Waals surface area contributed by atoms with Gasteiger partial charge in [-0.3, -0.25) is 14.5 Å². The number of para-hydroxylation sites is 1. The molecule has 0 spiro atoms. The molecule has 3 aromatic carbocycles. The number of nitrogens with zero attached hydrogens (tertiary/aromatic N) is 2. The maximum Gasteiger partial charge on any atom is 0.238 e. The van der Waals surface area contributed by atoms with E-state index in [1.54, 1.807) is 19.1 Å². The molecule has 0 aromatic heterocycles. The average molecular weight is 504 g/mol. The van der Waals surface area contributed by atoms with Crippen LogP contribution >= 0.6 is 11.8 Å². The zero-order chi connectivity index (χ0) is 25.5. The predicted molar refractivity (Wildman–Crippen MR) is 144 cm³/mol. The van der Waals surface area contributed by atoms with Gasteiger partial charge in [-0.05, 0) is 60.9 Å². The molecular weight excluding hydrogens is 474 g/mol. The molecular formula is C28H29N3O4S. The predicted octanol–water partition coefficient (Wildman–Crippen LogP) is 5.22. The van der Waals surface area contributed by atoms with Crippen LogP contribution in [0.25, 0.3) is 0 Å². The monoisotopic (exact) mass is 503 g/mol. The summed E-state index contributed by atoms with van der Waals surface area (Å²) in [5, 5.41) is 2.89. The Morgan fingerprint density at radius 2 is 1.81 bits per heavy atom. The van der Waals surface area contributed by atoms with Crippen molar-refractivity contribution in [1.82, 2.24) is 4.90 Å². The number of aryl methyl sites for hydroxylation is 1. The van der Waals surface area contributed by atoms with Crippen LogP contribution < -0.4 is 14.8 Å². The van der Waals surface area contributed by atoms with Gasteiger partial charge in [-0.25, -0.2) is 4.99 Å². The van der Waals surface area contributed by atoms with Gasteiger partial charge in [0, 0.05) is 18.7 Å². The molecule has 1 fully saturated rings. The Morgan fingerprint density at radius 1 is 1.03 bits per heavy atom. The Balaban J connectivity index is 1.54. The number of methoxy groups -OCH3 is 2. The van der Waals surface area contributed by atoms with Crippen LogP contribution in [0.2, 0.25) is 0 Å². The summed E-state index contributed by atoms with van der Waals surface area (Å²) < 4.78 is 10.7. The minimum Gasteiger partial charge on any atom is -0.493 e. The second-order valence-electron chi connectivity index (χ2n) is 8.38. The summed E-state index contributed by atoms with van der Waals surface area (Å²) in [6.07, 6.45) is 0.697. The van der Waals surface area contributed by atoms with Crippen LogP contribution in [0.1, 0.15) is 17.5 Å². The Hall–Kier alpha value is -3.78. The smallest absolute Gasteiger partial charge is 0.238 e. The van der Waals surface area contributed by atoms with Crippen molar-refractivity contribution in [2.45, 2.75) is 25.0 Å². The summed E-state index contributed by atoms with van der Waals surface area (Å²) >= 11 is 1.32. The first-order chi connectivity index (χ1) is 17.5. The lowest BCUT2D eigenvalue weighted by Crippen LogP contribution is -2.46. The van der Waals surface area contributed by atoms with Crippen LogP contribution in [0.15, 0.2) is 77.8 Å². The lowest BCUT2D eigenvalue weighted by atomic mass is 10.1. The number of carbonyl (C=O) groups excluding carboxylic acids is 2. The van der Waals surface area contributed by atoms with Crippen molar-refractivity contribution >= 4 is 40.1 Å². The quantitative estimate of drug-likeness (QED) is 0.456. The SMILES string of the molecule is COc1ccc(CCN2C(=O)CC(C(=O)Nc3cccc(C)c3)SC2=Nc2ccccc2)cc1OC. The van der Waals surface area contributed by atoms with Gasteiger partial charge in [0.05, 0.1) is 19.9 Å². The first kappa shape index (κ1) is 25.3. The van der Waals surface area contributed by atoms with Gasteiger partial charge in [-0.1, -0.05) is 48.2 Å². The summed E-state index contributed by atoms with van der Waals surface area (Å²) in [5.41, 5.74) is 3.49. The molecule has 1 aliphatic rings. The van der Waals surface area contributed by atoms with Crippen molar-refractivity contribution in [3.8, 4) is 11.5 Å². The van der Waals surface area contributed by atoms with Gasteiger partial charge in [0.15, 0.2) is 16.7 Å². The number of anilines is 1. The maximum atomic E-state index is 13.3. The molecule has 1 aliphatic heterocycles. The van der Waals surface area contributed by atoms with Gasteiger partial charge in [-0.15, -0.1) is 0 Å². The number of hydrogen-bond donors (Lipinski definition) is 1. The third-order valence-electron chi connectivity index (χ3n) is 5.77. The van der Waals surface area contributed by atoms with Gasteiger partial charge in [0.2, 0.25) is 11.8 Å². The topological polar surface area (TPSA) is 80.2 Å². The van der Waals surface area contributed by atoms with Crippen LogP contribution in [0.5, 0.6) is 11.5 Å². The summed E-state index contributed by atoms with van der Waals surface area (Å²) in [7, 11) is 3.19. The van der Waals surface area contributed by atoms with Crippen LogP contribution in [-0.4, -0.2) is 47.9 Å².